The third-order valence-corrected chi connectivity index (χ3v) is 4.30. The molecule has 0 aliphatic carbocycles. The minimum absolute atomic E-state index is 0.190. The first-order valence-corrected chi connectivity index (χ1v) is 7.56. The van der Waals surface area contributed by atoms with Gasteiger partial charge in [-0.25, -0.2) is 0 Å². The number of amides is 1. The number of benzene rings is 1. The lowest BCUT2D eigenvalue weighted by Crippen LogP contribution is -2.57. The summed E-state index contributed by atoms with van der Waals surface area (Å²) in [5, 5.41) is 3.37. The predicted molar refractivity (Wildman–Crippen MR) is 80.9 cm³/mol. The van der Waals surface area contributed by atoms with E-state index in [0.29, 0.717) is 6.54 Å². The molecule has 1 aromatic rings. The Morgan fingerprint density at radius 1 is 1.37 bits per heavy atom. The summed E-state index contributed by atoms with van der Waals surface area (Å²) in [6.07, 6.45) is 3.22. The van der Waals surface area contributed by atoms with E-state index in [4.69, 9.17) is 0 Å². The largest absolute Gasteiger partial charge is 0.340 e. The first kappa shape index (κ1) is 14.5. The van der Waals surface area contributed by atoms with Crippen LogP contribution in [0.25, 0.3) is 0 Å². The number of hydrogen-bond acceptors (Lipinski definition) is 2. The molecule has 104 valence electrons. The molecule has 1 atom stereocenters. The van der Waals surface area contributed by atoms with Crippen LogP contribution in [0.4, 0.5) is 0 Å². The summed E-state index contributed by atoms with van der Waals surface area (Å²) in [5.74, 6) is 0.190. The summed E-state index contributed by atoms with van der Waals surface area (Å²) in [6, 6.07) is 8.11. The highest BCUT2D eigenvalue weighted by molar-refractivity contribution is 9.10. The van der Waals surface area contributed by atoms with Crippen molar-refractivity contribution in [2.45, 2.75) is 38.3 Å². The van der Waals surface area contributed by atoms with Crippen LogP contribution in [0.2, 0.25) is 0 Å². The first-order valence-electron chi connectivity index (χ1n) is 6.76. The van der Waals surface area contributed by atoms with E-state index in [1.807, 2.05) is 43.1 Å². The third-order valence-electron chi connectivity index (χ3n) is 3.77. The molecule has 1 heterocycles. The molecule has 1 fully saturated rings. The molecule has 0 bridgehead atoms. The van der Waals surface area contributed by atoms with Gasteiger partial charge in [0.2, 0.25) is 5.91 Å². The second-order valence-corrected chi connectivity index (χ2v) is 6.42. The minimum atomic E-state index is -0.387. The van der Waals surface area contributed by atoms with Crippen LogP contribution < -0.4 is 5.32 Å². The van der Waals surface area contributed by atoms with E-state index in [1.165, 1.54) is 6.42 Å². The minimum Gasteiger partial charge on any atom is -0.340 e. The Balaban J connectivity index is 2.00. The Morgan fingerprint density at radius 3 is 2.63 bits per heavy atom. The van der Waals surface area contributed by atoms with Gasteiger partial charge in [-0.1, -0.05) is 28.1 Å². The Bertz CT molecular complexity index is 438. The fourth-order valence-electron chi connectivity index (χ4n) is 2.60. The molecule has 0 saturated carbocycles. The fourth-order valence-corrected chi connectivity index (χ4v) is 2.86. The van der Waals surface area contributed by atoms with E-state index in [1.54, 1.807) is 0 Å². The van der Waals surface area contributed by atoms with Crippen molar-refractivity contribution >= 4 is 21.8 Å². The van der Waals surface area contributed by atoms with Gasteiger partial charge in [-0.05, 0) is 50.4 Å². The van der Waals surface area contributed by atoms with Crippen molar-refractivity contribution in [3.05, 3.63) is 34.3 Å². The van der Waals surface area contributed by atoms with E-state index in [9.17, 15) is 4.79 Å². The molecule has 1 aromatic carbocycles. The highest BCUT2D eigenvalue weighted by atomic mass is 79.9. The number of rotatable bonds is 3. The normalized spacial score (nSPS) is 23.1. The SMILES string of the molecule is CN(Cc1ccc(Br)cc1)C(=O)C1(C)CCCCN1. The van der Waals surface area contributed by atoms with Crippen molar-refractivity contribution < 1.29 is 4.79 Å². The van der Waals surface area contributed by atoms with E-state index in [2.05, 4.69) is 21.2 Å². The van der Waals surface area contributed by atoms with Crippen LogP contribution in [0.3, 0.4) is 0 Å². The van der Waals surface area contributed by atoms with Gasteiger partial charge in [-0.2, -0.15) is 0 Å². The lowest BCUT2D eigenvalue weighted by Gasteiger charge is -2.36. The topological polar surface area (TPSA) is 32.3 Å². The number of hydrogen-bond donors (Lipinski definition) is 1. The Hall–Kier alpha value is -0.870. The highest BCUT2D eigenvalue weighted by Gasteiger charge is 2.36. The van der Waals surface area contributed by atoms with E-state index in [0.717, 1.165) is 29.4 Å². The molecule has 1 aliphatic heterocycles. The van der Waals surface area contributed by atoms with Crippen molar-refractivity contribution in [1.82, 2.24) is 10.2 Å². The Labute approximate surface area is 123 Å². The van der Waals surface area contributed by atoms with Crippen molar-refractivity contribution in [1.29, 1.82) is 0 Å². The molecule has 1 aliphatic rings. The fraction of sp³-hybridized carbons (Fsp3) is 0.533. The van der Waals surface area contributed by atoms with E-state index < -0.39 is 0 Å². The van der Waals surface area contributed by atoms with E-state index >= 15 is 0 Å². The molecule has 0 aromatic heterocycles. The van der Waals surface area contributed by atoms with Crippen molar-refractivity contribution in [3.8, 4) is 0 Å². The molecule has 4 heteroatoms. The number of nitrogens with one attached hydrogen (secondary N) is 1. The van der Waals surface area contributed by atoms with Crippen molar-refractivity contribution in [2.24, 2.45) is 0 Å². The smallest absolute Gasteiger partial charge is 0.242 e. The van der Waals surface area contributed by atoms with Crippen LogP contribution >= 0.6 is 15.9 Å². The maximum absolute atomic E-state index is 12.5. The molecule has 2 rings (SSSR count). The zero-order chi connectivity index (χ0) is 13.9. The highest BCUT2D eigenvalue weighted by Crippen LogP contribution is 2.22. The van der Waals surface area contributed by atoms with Gasteiger partial charge in [-0.15, -0.1) is 0 Å². The second-order valence-electron chi connectivity index (χ2n) is 5.50. The molecule has 0 radical (unpaired) electrons. The predicted octanol–water partition coefficient (Wildman–Crippen LogP) is 2.94. The third kappa shape index (κ3) is 3.57. The molecular weight excluding hydrogens is 304 g/mol. The van der Waals surface area contributed by atoms with Crippen molar-refractivity contribution in [3.63, 3.8) is 0 Å². The Morgan fingerprint density at radius 2 is 2.05 bits per heavy atom. The van der Waals surface area contributed by atoms with Crippen LogP contribution in [-0.2, 0) is 11.3 Å². The summed E-state index contributed by atoms with van der Waals surface area (Å²) < 4.78 is 1.06. The summed E-state index contributed by atoms with van der Waals surface area (Å²) in [5.41, 5.74) is 0.765. The number of likely N-dealkylation sites (N-methyl/N-ethyl adjacent to an activating group) is 1. The average Bonchev–Trinajstić information content (AvgIpc) is 2.41. The maximum atomic E-state index is 12.5. The van der Waals surface area contributed by atoms with Crippen LogP contribution in [0.5, 0.6) is 0 Å². The van der Waals surface area contributed by atoms with Gasteiger partial charge in [0.05, 0.1) is 5.54 Å². The molecule has 1 N–H and O–H groups in total. The number of piperidine rings is 1. The van der Waals surface area contributed by atoms with Gasteiger partial charge in [0.15, 0.2) is 0 Å². The van der Waals surface area contributed by atoms with Crippen LogP contribution in [-0.4, -0.2) is 29.9 Å². The standard InChI is InChI=1S/C15H21BrN2O/c1-15(9-3-4-10-17-15)14(19)18(2)11-12-5-7-13(16)8-6-12/h5-8,17H,3-4,9-11H2,1-2H3. The van der Waals surface area contributed by atoms with Crippen LogP contribution in [0.1, 0.15) is 31.7 Å². The number of halogens is 1. The summed E-state index contributed by atoms with van der Waals surface area (Å²) in [6.45, 7) is 3.62. The number of carbonyl (C=O) groups excluding carboxylic acids is 1. The zero-order valence-electron chi connectivity index (χ0n) is 11.6. The average molecular weight is 325 g/mol. The molecule has 1 saturated heterocycles. The van der Waals surface area contributed by atoms with Gasteiger partial charge < -0.3 is 10.2 Å². The Kier molecular flexibility index (Phi) is 4.63. The van der Waals surface area contributed by atoms with Crippen LogP contribution in [0, 0.1) is 0 Å². The maximum Gasteiger partial charge on any atom is 0.242 e. The summed E-state index contributed by atoms with van der Waals surface area (Å²) in [4.78, 5) is 14.4. The number of nitrogens with zero attached hydrogens (tertiary/aromatic N) is 1. The molecule has 3 nitrogen and oxygen atoms in total. The zero-order valence-corrected chi connectivity index (χ0v) is 13.2. The summed E-state index contributed by atoms with van der Waals surface area (Å²) in [7, 11) is 1.88. The van der Waals surface area contributed by atoms with Crippen molar-refractivity contribution in [2.75, 3.05) is 13.6 Å². The lowest BCUT2D eigenvalue weighted by molar-refractivity contribution is -0.137. The molecular formula is C15H21BrN2O. The van der Waals surface area contributed by atoms with Gasteiger partial charge in [0.1, 0.15) is 0 Å². The monoisotopic (exact) mass is 324 g/mol. The molecule has 1 unspecified atom stereocenters. The van der Waals surface area contributed by atoms with E-state index in [-0.39, 0.29) is 11.4 Å². The van der Waals surface area contributed by atoms with Gasteiger partial charge in [-0.3, -0.25) is 4.79 Å². The molecule has 1 amide bonds. The van der Waals surface area contributed by atoms with Gasteiger partial charge in [0.25, 0.3) is 0 Å². The lowest BCUT2D eigenvalue weighted by atomic mass is 9.89. The molecule has 0 spiro atoms. The summed E-state index contributed by atoms with van der Waals surface area (Å²) >= 11 is 3.42. The molecule has 19 heavy (non-hydrogen) atoms. The van der Waals surface area contributed by atoms with Gasteiger partial charge >= 0.3 is 0 Å². The van der Waals surface area contributed by atoms with Gasteiger partial charge in [0, 0.05) is 18.1 Å². The second kappa shape index (κ2) is 6.06. The quantitative estimate of drug-likeness (QED) is 0.927. The first-order chi connectivity index (χ1) is 9.01. The number of carbonyl (C=O) groups is 1. The van der Waals surface area contributed by atoms with Crippen LogP contribution in [0.15, 0.2) is 28.7 Å².